The molecule has 2 aromatic heterocycles. The first kappa shape index (κ1) is 21.4. The van der Waals surface area contributed by atoms with Crippen LogP contribution < -0.4 is 16.3 Å². The minimum Gasteiger partial charge on any atom is -0.427 e. The molecule has 1 unspecified atom stereocenters. The van der Waals surface area contributed by atoms with E-state index in [0.29, 0.717) is 36.4 Å². The molecule has 28 heavy (non-hydrogen) atoms. The summed E-state index contributed by atoms with van der Waals surface area (Å²) in [5.41, 5.74) is 0.435. The van der Waals surface area contributed by atoms with Gasteiger partial charge < -0.3 is 15.1 Å². The Morgan fingerprint density at radius 3 is 2.75 bits per heavy atom. The third-order valence-electron chi connectivity index (χ3n) is 4.56. The Hall–Kier alpha value is -2.90. The molecule has 0 radical (unpaired) electrons. The van der Waals surface area contributed by atoms with Crippen LogP contribution in [0.1, 0.15) is 67.1 Å². The first-order chi connectivity index (χ1) is 13.3. The van der Waals surface area contributed by atoms with E-state index >= 15 is 0 Å². The lowest BCUT2D eigenvalue weighted by atomic mass is 10.0. The molecule has 2 amide bonds. The first-order valence-electron chi connectivity index (χ1n) is 9.54. The molecule has 8 heteroatoms. The number of carbonyl (C=O) groups is 2. The van der Waals surface area contributed by atoms with Crippen LogP contribution in [-0.4, -0.2) is 28.6 Å². The zero-order valence-electron chi connectivity index (χ0n) is 16.9. The van der Waals surface area contributed by atoms with E-state index in [1.807, 2.05) is 6.92 Å². The maximum absolute atomic E-state index is 12.6. The largest absolute Gasteiger partial charge is 0.427 e. The Bertz CT molecular complexity index is 885. The van der Waals surface area contributed by atoms with E-state index in [4.69, 9.17) is 4.42 Å². The molecule has 0 aliphatic heterocycles. The van der Waals surface area contributed by atoms with Gasteiger partial charge in [0.05, 0.1) is 11.9 Å². The summed E-state index contributed by atoms with van der Waals surface area (Å²) < 4.78 is 7.02. The minimum absolute atomic E-state index is 0.000171. The highest BCUT2D eigenvalue weighted by molar-refractivity contribution is 6.04. The number of hydrogen-bond donors (Lipinski definition) is 2. The quantitative estimate of drug-likeness (QED) is 0.687. The maximum Gasteiger partial charge on any atom is 0.349 e. The number of amides is 2. The van der Waals surface area contributed by atoms with Crippen molar-refractivity contribution < 1.29 is 14.0 Å². The van der Waals surface area contributed by atoms with Crippen LogP contribution in [0.25, 0.3) is 0 Å². The predicted molar refractivity (Wildman–Crippen MR) is 107 cm³/mol. The smallest absolute Gasteiger partial charge is 0.349 e. The molecule has 2 rings (SSSR count). The molecule has 0 bridgehead atoms. The second-order valence-electron chi connectivity index (χ2n) is 6.91. The van der Waals surface area contributed by atoms with Crippen molar-refractivity contribution in [2.75, 3.05) is 12.4 Å². The van der Waals surface area contributed by atoms with Gasteiger partial charge in [0, 0.05) is 32.1 Å². The SMILES string of the molecule is CCCC(C)c1cc(C)c(C(=O)Nc2cnn(CCCC(=O)NC)c2)c(=O)o1. The molecule has 152 valence electrons. The molecule has 2 N–H and O–H groups in total. The minimum atomic E-state index is -0.631. The maximum atomic E-state index is 12.6. The van der Waals surface area contributed by atoms with Gasteiger partial charge in [-0.1, -0.05) is 20.3 Å². The van der Waals surface area contributed by atoms with E-state index in [0.717, 1.165) is 12.8 Å². The Morgan fingerprint density at radius 1 is 1.36 bits per heavy atom. The van der Waals surface area contributed by atoms with Gasteiger partial charge in [0.1, 0.15) is 11.3 Å². The van der Waals surface area contributed by atoms with Crippen molar-refractivity contribution >= 4 is 17.5 Å². The predicted octanol–water partition coefficient (Wildman–Crippen LogP) is 2.83. The van der Waals surface area contributed by atoms with E-state index < -0.39 is 11.5 Å². The van der Waals surface area contributed by atoms with Crippen molar-refractivity contribution in [1.82, 2.24) is 15.1 Å². The molecule has 1 atom stereocenters. The fourth-order valence-corrected chi connectivity index (χ4v) is 2.99. The number of anilines is 1. The zero-order chi connectivity index (χ0) is 20.7. The van der Waals surface area contributed by atoms with Gasteiger partial charge in [-0.3, -0.25) is 14.3 Å². The summed E-state index contributed by atoms with van der Waals surface area (Å²) in [6, 6.07) is 1.76. The highest BCUT2D eigenvalue weighted by Gasteiger charge is 2.19. The summed E-state index contributed by atoms with van der Waals surface area (Å²) in [4.78, 5) is 36.1. The van der Waals surface area contributed by atoms with Gasteiger partial charge >= 0.3 is 5.63 Å². The number of hydrogen-bond acceptors (Lipinski definition) is 5. The molecule has 2 aromatic rings. The Kier molecular flexibility index (Phi) is 7.54. The molecule has 0 fully saturated rings. The van der Waals surface area contributed by atoms with E-state index in [9.17, 15) is 14.4 Å². The van der Waals surface area contributed by atoms with E-state index in [1.54, 1.807) is 30.9 Å². The Labute approximate surface area is 164 Å². The van der Waals surface area contributed by atoms with Crippen molar-refractivity contribution in [3.63, 3.8) is 0 Å². The number of aromatic nitrogens is 2. The topological polar surface area (TPSA) is 106 Å². The van der Waals surface area contributed by atoms with Crippen molar-refractivity contribution in [2.45, 2.75) is 58.9 Å². The average Bonchev–Trinajstić information content (AvgIpc) is 3.08. The van der Waals surface area contributed by atoms with Crippen LogP contribution in [0.15, 0.2) is 27.7 Å². The number of aryl methyl sites for hydroxylation is 2. The van der Waals surface area contributed by atoms with Crippen LogP contribution >= 0.6 is 0 Å². The lowest BCUT2D eigenvalue weighted by Crippen LogP contribution is -2.23. The van der Waals surface area contributed by atoms with Crippen LogP contribution in [-0.2, 0) is 11.3 Å². The van der Waals surface area contributed by atoms with Gasteiger partial charge in [0.15, 0.2) is 0 Å². The molecule has 0 spiro atoms. The average molecular weight is 388 g/mol. The van der Waals surface area contributed by atoms with Crippen LogP contribution in [0.4, 0.5) is 5.69 Å². The Morgan fingerprint density at radius 2 is 2.11 bits per heavy atom. The van der Waals surface area contributed by atoms with Gasteiger partial charge in [-0.2, -0.15) is 5.10 Å². The van der Waals surface area contributed by atoms with Crippen LogP contribution in [0.3, 0.4) is 0 Å². The molecule has 0 aliphatic carbocycles. The molecule has 0 saturated heterocycles. The third-order valence-corrected chi connectivity index (χ3v) is 4.56. The normalized spacial score (nSPS) is 11.9. The Balaban J connectivity index is 2.05. The first-order valence-corrected chi connectivity index (χ1v) is 9.54. The summed E-state index contributed by atoms with van der Waals surface area (Å²) in [5, 5.41) is 9.40. The molecule has 8 nitrogen and oxygen atoms in total. The van der Waals surface area contributed by atoms with Crippen molar-refractivity contribution in [2.24, 2.45) is 0 Å². The van der Waals surface area contributed by atoms with E-state index in [-0.39, 0.29) is 17.4 Å². The van der Waals surface area contributed by atoms with E-state index in [1.165, 1.54) is 6.20 Å². The van der Waals surface area contributed by atoms with Crippen molar-refractivity contribution in [3.05, 3.63) is 45.8 Å². The molecule has 0 saturated carbocycles. The van der Waals surface area contributed by atoms with Crippen LogP contribution in [0, 0.1) is 6.92 Å². The summed E-state index contributed by atoms with van der Waals surface area (Å²) in [6.07, 6.45) is 6.10. The van der Waals surface area contributed by atoms with Gasteiger partial charge in [0.25, 0.3) is 5.91 Å². The highest BCUT2D eigenvalue weighted by Crippen LogP contribution is 2.21. The summed E-state index contributed by atoms with van der Waals surface area (Å²) in [7, 11) is 1.60. The summed E-state index contributed by atoms with van der Waals surface area (Å²) >= 11 is 0. The standard InChI is InChI=1S/C20H28N4O4/c1-5-7-13(2)16-10-14(3)18(20(27)28-16)19(26)23-15-11-22-24(12-15)9-6-8-17(25)21-4/h10-13H,5-9H2,1-4H3,(H,21,25)(H,23,26). The van der Waals surface area contributed by atoms with Gasteiger partial charge in [-0.15, -0.1) is 0 Å². The summed E-state index contributed by atoms with van der Waals surface area (Å²) in [6.45, 7) is 6.35. The number of carbonyl (C=O) groups excluding carboxylic acids is 2. The zero-order valence-corrected chi connectivity index (χ0v) is 16.9. The summed E-state index contributed by atoms with van der Waals surface area (Å²) in [5.74, 6) is 0.178. The van der Waals surface area contributed by atoms with Crippen LogP contribution in [0.5, 0.6) is 0 Å². The second kappa shape index (κ2) is 9.87. The second-order valence-corrected chi connectivity index (χ2v) is 6.91. The van der Waals surface area contributed by atoms with Gasteiger partial charge in [0.2, 0.25) is 5.91 Å². The van der Waals surface area contributed by atoms with Crippen molar-refractivity contribution in [3.8, 4) is 0 Å². The van der Waals surface area contributed by atoms with E-state index in [2.05, 4.69) is 22.7 Å². The number of nitrogens with zero attached hydrogens (tertiary/aromatic N) is 2. The third kappa shape index (κ3) is 5.55. The molecular formula is C20H28N4O4. The fraction of sp³-hybridized carbons (Fsp3) is 0.500. The highest BCUT2D eigenvalue weighted by atomic mass is 16.4. The molecular weight excluding hydrogens is 360 g/mol. The molecule has 0 aromatic carbocycles. The molecule has 2 heterocycles. The number of nitrogens with one attached hydrogen (secondary N) is 2. The lowest BCUT2D eigenvalue weighted by Gasteiger charge is -2.11. The lowest BCUT2D eigenvalue weighted by molar-refractivity contribution is -0.120. The van der Waals surface area contributed by atoms with Crippen molar-refractivity contribution in [1.29, 1.82) is 0 Å². The monoisotopic (exact) mass is 388 g/mol. The number of rotatable bonds is 9. The van der Waals surface area contributed by atoms with Gasteiger partial charge in [-0.05, 0) is 31.4 Å². The van der Waals surface area contributed by atoms with Crippen LogP contribution in [0.2, 0.25) is 0 Å². The fourth-order valence-electron chi connectivity index (χ4n) is 2.99. The molecule has 0 aliphatic rings. The van der Waals surface area contributed by atoms with Gasteiger partial charge in [-0.25, -0.2) is 4.79 Å².